The molecule has 0 aliphatic rings. The minimum absolute atomic E-state index is 0.000781. The first-order valence-electron chi connectivity index (χ1n) is 11.5. The number of rotatable bonds is 13. The largest absolute Gasteiger partial charge is 0.493 e. The third-order valence-corrected chi connectivity index (χ3v) is 5.36. The quantitative estimate of drug-likeness (QED) is 0.189. The van der Waals surface area contributed by atoms with E-state index in [-0.39, 0.29) is 37.5 Å². The van der Waals surface area contributed by atoms with Gasteiger partial charge in [-0.2, -0.15) is 5.26 Å². The molecule has 0 aromatic heterocycles. The van der Waals surface area contributed by atoms with Crippen LogP contribution in [0.4, 0.5) is 0 Å². The lowest BCUT2D eigenvalue weighted by Crippen LogP contribution is -2.48. The van der Waals surface area contributed by atoms with Crippen molar-refractivity contribution in [1.29, 1.82) is 5.26 Å². The summed E-state index contributed by atoms with van der Waals surface area (Å²) in [5, 5.41) is 33.9. The third-order valence-electron chi connectivity index (χ3n) is 5.36. The van der Waals surface area contributed by atoms with Crippen LogP contribution in [0, 0.1) is 11.3 Å². The molecule has 0 spiro atoms. The molecule has 0 saturated carbocycles. The smallest absolute Gasteiger partial charge is 0.475 e. The number of benzene rings is 2. The number of carbonyl (C=O) groups excluding carboxylic acids is 2. The molecule has 190 valence electrons. The molecule has 0 bridgehead atoms. The van der Waals surface area contributed by atoms with Crippen LogP contribution in [0.2, 0.25) is 0 Å². The van der Waals surface area contributed by atoms with Gasteiger partial charge in [0.25, 0.3) is 5.91 Å². The second-order valence-corrected chi connectivity index (χ2v) is 8.76. The average Bonchev–Trinajstić information content (AvgIpc) is 2.86. The zero-order valence-corrected chi connectivity index (χ0v) is 20.7. The summed E-state index contributed by atoms with van der Waals surface area (Å²) in [6.07, 6.45) is 1.72. The Hall–Kier alpha value is -3.65. The summed E-state index contributed by atoms with van der Waals surface area (Å²) in [6.45, 7) is 3.93. The normalized spacial score (nSPS) is 12.3. The van der Waals surface area contributed by atoms with Crippen LogP contribution in [0.25, 0.3) is 6.08 Å². The maximum absolute atomic E-state index is 12.4. The van der Waals surface area contributed by atoms with E-state index in [0.717, 1.165) is 5.56 Å². The zero-order valence-electron chi connectivity index (χ0n) is 20.7. The number of nitriles is 1. The highest BCUT2D eigenvalue weighted by molar-refractivity contribution is 6.43. The van der Waals surface area contributed by atoms with Gasteiger partial charge < -0.3 is 30.2 Å². The fourth-order valence-corrected chi connectivity index (χ4v) is 3.11. The number of methoxy groups -OCH3 is 1. The van der Waals surface area contributed by atoms with Gasteiger partial charge in [-0.1, -0.05) is 42.5 Å². The molecule has 0 aliphatic carbocycles. The van der Waals surface area contributed by atoms with Crippen molar-refractivity contribution in [2.75, 3.05) is 20.3 Å². The Morgan fingerprint density at radius 1 is 1.17 bits per heavy atom. The lowest BCUT2D eigenvalue weighted by molar-refractivity contribution is -0.122. The standard InChI is InChI=1S/C26H32BN3O6/c1-26(2,35-3)18-29-25(32)21(17-28)14-20-10-7-11-22(15-20)36-13-12-24(31)30-23(27(33)34)16-19-8-5-4-6-9-19/h4-11,14-15,23,33-34H,12-13,16,18H2,1-3H3,(H,29,32)(H,30,31). The number of nitrogens with zero attached hydrogens (tertiary/aromatic N) is 1. The van der Waals surface area contributed by atoms with E-state index in [2.05, 4.69) is 10.6 Å². The third kappa shape index (κ3) is 9.92. The Balaban J connectivity index is 1.91. The molecule has 0 fully saturated rings. The van der Waals surface area contributed by atoms with Crippen LogP contribution in [0.3, 0.4) is 0 Å². The second-order valence-electron chi connectivity index (χ2n) is 8.76. The molecular weight excluding hydrogens is 461 g/mol. The van der Waals surface area contributed by atoms with Gasteiger partial charge in [-0.3, -0.25) is 9.59 Å². The first-order valence-corrected chi connectivity index (χ1v) is 11.5. The number of amides is 2. The Morgan fingerprint density at radius 2 is 1.89 bits per heavy atom. The molecule has 4 N–H and O–H groups in total. The first-order chi connectivity index (χ1) is 17.1. The molecule has 0 heterocycles. The van der Waals surface area contributed by atoms with E-state index in [1.165, 1.54) is 6.08 Å². The lowest BCUT2D eigenvalue weighted by Gasteiger charge is -2.22. The molecule has 0 radical (unpaired) electrons. The summed E-state index contributed by atoms with van der Waals surface area (Å²) in [5.41, 5.74) is 0.823. The molecule has 2 aromatic carbocycles. The Kier molecular flexibility index (Phi) is 11.2. The molecular formula is C26H32BN3O6. The molecule has 10 heteroatoms. The predicted molar refractivity (Wildman–Crippen MR) is 137 cm³/mol. The summed E-state index contributed by atoms with van der Waals surface area (Å²) in [4.78, 5) is 24.7. The van der Waals surface area contributed by atoms with Crippen molar-refractivity contribution in [3.8, 4) is 11.8 Å². The maximum atomic E-state index is 12.4. The molecule has 9 nitrogen and oxygen atoms in total. The van der Waals surface area contributed by atoms with Gasteiger partial charge in [0.2, 0.25) is 5.91 Å². The van der Waals surface area contributed by atoms with Crippen LogP contribution < -0.4 is 15.4 Å². The van der Waals surface area contributed by atoms with Crippen molar-refractivity contribution >= 4 is 25.0 Å². The van der Waals surface area contributed by atoms with E-state index in [0.29, 0.717) is 11.3 Å². The minimum Gasteiger partial charge on any atom is -0.493 e. The van der Waals surface area contributed by atoms with Crippen LogP contribution in [0.15, 0.2) is 60.2 Å². The molecule has 1 unspecified atom stereocenters. The Bertz CT molecular complexity index is 1080. The van der Waals surface area contributed by atoms with Gasteiger partial charge in [-0.05, 0) is 49.6 Å². The molecule has 0 aliphatic heterocycles. The number of carbonyl (C=O) groups is 2. The van der Waals surface area contributed by atoms with Gasteiger partial charge in [0.1, 0.15) is 17.4 Å². The highest BCUT2D eigenvalue weighted by atomic mass is 16.5. The van der Waals surface area contributed by atoms with Gasteiger partial charge in [-0.15, -0.1) is 0 Å². The van der Waals surface area contributed by atoms with E-state index < -0.39 is 24.6 Å². The van der Waals surface area contributed by atoms with Crippen LogP contribution in [0.5, 0.6) is 5.75 Å². The maximum Gasteiger partial charge on any atom is 0.475 e. The van der Waals surface area contributed by atoms with E-state index in [4.69, 9.17) is 9.47 Å². The van der Waals surface area contributed by atoms with E-state index >= 15 is 0 Å². The van der Waals surface area contributed by atoms with Crippen LogP contribution in [-0.4, -0.2) is 60.8 Å². The number of hydrogen-bond donors (Lipinski definition) is 4. The highest BCUT2D eigenvalue weighted by Crippen LogP contribution is 2.16. The molecule has 36 heavy (non-hydrogen) atoms. The SMILES string of the molecule is COC(C)(C)CNC(=O)C(C#N)=Cc1cccc(OCCC(=O)NC(Cc2ccccc2)B(O)O)c1. The minimum atomic E-state index is -1.70. The summed E-state index contributed by atoms with van der Waals surface area (Å²) in [5.74, 6) is -1.29. The Labute approximate surface area is 211 Å². The molecule has 1 atom stereocenters. The van der Waals surface area contributed by atoms with Crippen molar-refractivity contribution in [3.63, 3.8) is 0 Å². The van der Waals surface area contributed by atoms with E-state index in [1.807, 2.05) is 50.2 Å². The van der Waals surface area contributed by atoms with Crippen molar-refractivity contribution in [3.05, 3.63) is 71.3 Å². The van der Waals surface area contributed by atoms with Crippen molar-refractivity contribution in [2.45, 2.75) is 38.2 Å². The molecule has 2 aromatic rings. The molecule has 0 saturated heterocycles. The number of ether oxygens (including phenoxy) is 2. The lowest BCUT2D eigenvalue weighted by atomic mass is 9.76. The van der Waals surface area contributed by atoms with Gasteiger partial charge in [-0.25, -0.2) is 0 Å². The number of hydrogen-bond acceptors (Lipinski definition) is 7. The van der Waals surface area contributed by atoms with Gasteiger partial charge in [0.15, 0.2) is 0 Å². The van der Waals surface area contributed by atoms with Gasteiger partial charge in [0.05, 0.1) is 24.6 Å². The summed E-state index contributed by atoms with van der Waals surface area (Å²) < 4.78 is 10.9. The summed E-state index contributed by atoms with van der Waals surface area (Å²) >= 11 is 0. The highest BCUT2D eigenvalue weighted by Gasteiger charge is 2.25. The first kappa shape index (κ1) is 28.6. The van der Waals surface area contributed by atoms with Crippen LogP contribution in [-0.2, 0) is 20.7 Å². The summed E-state index contributed by atoms with van der Waals surface area (Å²) in [7, 11) is -0.160. The van der Waals surface area contributed by atoms with Crippen molar-refractivity contribution < 1.29 is 29.1 Å². The summed E-state index contributed by atoms with van der Waals surface area (Å²) in [6, 6.07) is 17.9. The van der Waals surface area contributed by atoms with Crippen molar-refractivity contribution in [1.82, 2.24) is 10.6 Å². The molecule has 2 rings (SSSR count). The van der Waals surface area contributed by atoms with Crippen LogP contribution >= 0.6 is 0 Å². The second kappa shape index (κ2) is 14.0. The average molecular weight is 493 g/mol. The fraction of sp³-hybridized carbons (Fsp3) is 0.346. The Morgan fingerprint density at radius 3 is 2.53 bits per heavy atom. The van der Waals surface area contributed by atoms with Gasteiger partial charge >= 0.3 is 7.12 Å². The van der Waals surface area contributed by atoms with Gasteiger partial charge in [0, 0.05) is 13.7 Å². The monoisotopic (exact) mass is 493 g/mol. The topological polar surface area (TPSA) is 141 Å². The van der Waals surface area contributed by atoms with E-state index in [1.54, 1.807) is 31.4 Å². The van der Waals surface area contributed by atoms with Crippen molar-refractivity contribution in [2.24, 2.45) is 0 Å². The number of nitrogens with one attached hydrogen (secondary N) is 2. The fourth-order valence-electron chi connectivity index (χ4n) is 3.11. The van der Waals surface area contributed by atoms with E-state index in [9.17, 15) is 24.9 Å². The molecule has 2 amide bonds. The van der Waals surface area contributed by atoms with Crippen LogP contribution in [0.1, 0.15) is 31.4 Å². The predicted octanol–water partition coefficient (Wildman–Crippen LogP) is 1.64. The zero-order chi connectivity index (χ0) is 26.6.